The fourth-order valence-electron chi connectivity index (χ4n) is 8.10. The van der Waals surface area contributed by atoms with E-state index in [9.17, 15) is 0 Å². The lowest BCUT2D eigenvalue weighted by Gasteiger charge is -2.33. The maximum absolute atomic E-state index is 5.06. The average molecular weight is 693 g/mol. The molecule has 0 N–H and O–H groups in total. The predicted molar refractivity (Wildman–Crippen MR) is 220 cm³/mol. The SMILES string of the molecule is CCCCCCCCC1(CCCCCCCC)c2cc(C)ccc2-c2ccc(-c3ccc(-c4nc(-c5ccccc5)nc(C(C)(C)C)n4)cn3)cc21. The van der Waals surface area contributed by atoms with Crippen LogP contribution in [0.4, 0.5) is 0 Å². The molecule has 2 aromatic heterocycles. The predicted octanol–water partition coefficient (Wildman–Crippen LogP) is 13.6. The quantitative estimate of drug-likeness (QED) is 0.0910. The fraction of sp³-hybridized carbons (Fsp3) is 0.458. The molecular formula is C48H60N4. The number of aromatic nitrogens is 4. The number of pyridine rings is 1. The number of fused-ring (bicyclic) bond motifs is 3. The molecule has 1 aliphatic rings. The zero-order chi connectivity index (χ0) is 36.6. The third-order valence-electron chi connectivity index (χ3n) is 11.1. The second kappa shape index (κ2) is 17.1. The number of hydrogen-bond donors (Lipinski definition) is 0. The lowest BCUT2D eigenvalue weighted by molar-refractivity contribution is 0.398. The minimum absolute atomic E-state index is 0.0459. The highest BCUT2D eigenvalue weighted by molar-refractivity contribution is 5.84. The Bertz CT molecular complexity index is 1890. The van der Waals surface area contributed by atoms with Crippen molar-refractivity contribution in [3.8, 4) is 45.2 Å². The van der Waals surface area contributed by atoms with Crippen molar-refractivity contribution < 1.29 is 0 Å². The molecule has 0 unspecified atom stereocenters. The molecule has 0 fully saturated rings. The van der Waals surface area contributed by atoms with Crippen LogP contribution in [0.2, 0.25) is 0 Å². The maximum atomic E-state index is 5.06. The van der Waals surface area contributed by atoms with Crippen molar-refractivity contribution >= 4 is 0 Å². The molecule has 0 saturated heterocycles. The first-order chi connectivity index (χ1) is 25.2. The molecule has 5 aromatic rings. The van der Waals surface area contributed by atoms with Crippen molar-refractivity contribution in [3.63, 3.8) is 0 Å². The van der Waals surface area contributed by atoms with Gasteiger partial charge < -0.3 is 0 Å². The normalized spacial score (nSPS) is 13.3. The Labute approximate surface area is 314 Å². The second-order valence-corrected chi connectivity index (χ2v) is 16.3. The van der Waals surface area contributed by atoms with Crippen LogP contribution in [0.3, 0.4) is 0 Å². The standard InChI is InChI=1S/C48H60N4/c1-7-9-11-13-15-20-30-48(31-21-16-14-12-10-8-2)41-32-35(3)24-27-39(41)40-28-25-37(33-42(40)48)43-29-26-38(34-49-43)45-50-44(36-22-18-17-19-23-36)51-46(52-45)47(4,5)6/h17-19,22-29,32-34H,7-16,20-21,30-31H2,1-6H3. The van der Waals surface area contributed by atoms with Gasteiger partial charge in [0.25, 0.3) is 0 Å². The molecule has 4 heteroatoms. The third kappa shape index (κ3) is 8.54. The van der Waals surface area contributed by atoms with E-state index in [0.29, 0.717) is 11.6 Å². The fourth-order valence-corrected chi connectivity index (χ4v) is 8.10. The zero-order valence-electron chi connectivity index (χ0n) is 32.8. The van der Waals surface area contributed by atoms with E-state index in [2.05, 4.69) is 102 Å². The van der Waals surface area contributed by atoms with Crippen molar-refractivity contribution in [3.05, 3.63) is 108 Å². The van der Waals surface area contributed by atoms with Gasteiger partial charge in [0.05, 0.1) is 5.69 Å². The van der Waals surface area contributed by atoms with Gasteiger partial charge in [0, 0.05) is 33.7 Å². The number of nitrogens with zero attached hydrogens (tertiary/aromatic N) is 4. The van der Waals surface area contributed by atoms with E-state index in [0.717, 1.165) is 22.6 Å². The van der Waals surface area contributed by atoms with Crippen molar-refractivity contribution in [1.29, 1.82) is 0 Å². The van der Waals surface area contributed by atoms with Crippen molar-refractivity contribution in [2.45, 2.75) is 142 Å². The smallest absolute Gasteiger partial charge is 0.165 e. The molecule has 3 aromatic carbocycles. The summed E-state index contributed by atoms with van der Waals surface area (Å²) >= 11 is 0. The van der Waals surface area contributed by atoms with Gasteiger partial charge in [0.15, 0.2) is 11.6 Å². The summed E-state index contributed by atoms with van der Waals surface area (Å²) in [5.74, 6) is 2.13. The minimum atomic E-state index is -0.216. The first-order valence-corrected chi connectivity index (χ1v) is 20.3. The van der Waals surface area contributed by atoms with Gasteiger partial charge >= 0.3 is 0 Å². The highest BCUT2D eigenvalue weighted by Crippen LogP contribution is 2.55. The Balaban J connectivity index is 1.34. The molecule has 0 saturated carbocycles. The molecule has 4 nitrogen and oxygen atoms in total. The van der Waals surface area contributed by atoms with Crippen LogP contribution in [-0.4, -0.2) is 19.9 Å². The third-order valence-corrected chi connectivity index (χ3v) is 11.1. The van der Waals surface area contributed by atoms with E-state index < -0.39 is 0 Å². The first-order valence-electron chi connectivity index (χ1n) is 20.3. The van der Waals surface area contributed by atoms with Gasteiger partial charge in [-0.3, -0.25) is 4.98 Å². The van der Waals surface area contributed by atoms with Crippen molar-refractivity contribution in [1.82, 2.24) is 19.9 Å². The monoisotopic (exact) mass is 692 g/mol. The van der Waals surface area contributed by atoms with E-state index in [-0.39, 0.29) is 10.8 Å². The molecule has 0 bridgehead atoms. The Kier molecular flexibility index (Phi) is 12.4. The van der Waals surface area contributed by atoms with E-state index >= 15 is 0 Å². The number of aryl methyl sites for hydroxylation is 1. The summed E-state index contributed by atoms with van der Waals surface area (Å²) in [6, 6.07) is 28.8. The Morgan fingerprint density at radius 3 is 1.69 bits per heavy atom. The van der Waals surface area contributed by atoms with Gasteiger partial charge in [0.2, 0.25) is 0 Å². The summed E-state index contributed by atoms with van der Waals surface area (Å²) in [7, 11) is 0. The molecule has 0 atom stereocenters. The number of unbranched alkanes of at least 4 members (excludes halogenated alkanes) is 10. The van der Waals surface area contributed by atoms with E-state index in [1.165, 1.54) is 118 Å². The first kappa shape index (κ1) is 37.6. The van der Waals surface area contributed by atoms with E-state index in [1.807, 2.05) is 24.4 Å². The molecular weight excluding hydrogens is 633 g/mol. The van der Waals surface area contributed by atoms with Crippen LogP contribution in [0.5, 0.6) is 0 Å². The molecule has 0 radical (unpaired) electrons. The Hall–Kier alpha value is -4.18. The number of rotatable bonds is 17. The summed E-state index contributed by atoms with van der Waals surface area (Å²) in [6.07, 6.45) is 20.2. The van der Waals surface area contributed by atoms with Gasteiger partial charge in [-0.25, -0.2) is 15.0 Å². The zero-order valence-corrected chi connectivity index (χ0v) is 32.8. The van der Waals surface area contributed by atoms with Crippen LogP contribution in [-0.2, 0) is 10.8 Å². The Morgan fingerprint density at radius 1 is 0.538 bits per heavy atom. The highest BCUT2D eigenvalue weighted by Gasteiger charge is 2.42. The van der Waals surface area contributed by atoms with Crippen LogP contribution in [0.25, 0.3) is 45.2 Å². The van der Waals surface area contributed by atoms with E-state index in [1.54, 1.807) is 5.56 Å². The highest BCUT2D eigenvalue weighted by atomic mass is 15.0. The lowest BCUT2D eigenvalue weighted by atomic mass is 9.70. The van der Waals surface area contributed by atoms with Crippen LogP contribution < -0.4 is 0 Å². The molecule has 0 aliphatic heterocycles. The van der Waals surface area contributed by atoms with Crippen molar-refractivity contribution in [2.24, 2.45) is 0 Å². The average Bonchev–Trinajstić information content (AvgIpc) is 3.42. The molecule has 0 amide bonds. The van der Waals surface area contributed by atoms with Gasteiger partial charge in [-0.15, -0.1) is 0 Å². The van der Waals surface area contributed by atoms with Gasteiger partial charge in [-0.1, -0.05) is 178 Å². The molecule has 6 rings (SSSR count). The van der Waals surface area contributed by atoms with E-state index in [4.69, 9.17) is 19.9 Å². The van der Waals surface area contributed by atoms with Crippen LogP contribution >= 0.6 is 0 Å². The summed E-state index contributed by atoms with van der Waals surface area (Å²) in [5.41, 5.74) is 11.2. The molecule has 272 valence electrons. The molecule has 52 heavy (non-hydrogen) atoms. The van der Waals surface area contributed by atoms with Crippen LogP contribution in [0.1, 0.15) is 147 Å². The van der Waals surface area contributed by atoms with Crippen molar-refractivity contribution in [2.75, 3.05) is 0 Å². The largest absolute Gasteiger partial charge is 0.255 e. The summed E-state index contributed by atoms with van der Waals surface area (Å²) < 4.78 is 0. The topological polar surface area (TPSA) is 51.6 Å². The minimum Gasteiger partial charge on any atom is -0.255 e. The summed E-state index contributed by atoms with van der Waals surface area (Å²) in [6.45, 7) is 13.3. The van der Waals surface area contributed by atoms with Crippen LogP contribution in [0, 0.1) is 6.92 Å². The lowest BCUT2D eigenvalue weighted by Crippen LogP contribution is -2.25. The van der Waals surface area contributed by atoms with Gasteiger partial charge in [-0.2, -0.15) is 0 Å². The summed E-state index contributed by atoms with van der Waals surface area (Å²) in [5, 5.41) is 0. The summed E-state index contributed by atoms with van der Waals surface area (Å²) in [4.78, 5) is 19.8. The number of benzene rings is 3. The van der Waals surface area contributed by atoms with Gasteiger partial charge in [-0.05, 0) is 60.2 Å². The molecule has 0 spiro atoms. The second-order valence-electron chi connectivity index (χ2n) is 16.3. The molecule has 2 heterocycles. The molecule has 1 aliphatic carbocycles. The van der Waals surface area contributed by atoms with Crippen LogP contribution in [0.15, 0.2) is 85.1 Å². The van der Waals surface area contributed by atoms with Gasteiger partial charge in [0.1, 0.15) is 5.82 Å². The maximum Gasteiger partial charge on any atom is 0.165 e. The Morgan fingerprint density at radius 2 is 1.10 bits per heavy atom. The number of hydrogen-bond acceptors (Lipinski definition) is 4.